The van der Waals surface area contributed by atoms with E-state index in [0.29, 0.717) is 11.5 Å². The van der Waals surface area contributed by atoms with Crippen LogP contribution in [-0.2, 0) is 6.42 Å². The molecule has 0 unspecified atom stereocenters. The molecule has 0 amide bonds. The number of nitrogens with zero attached hydrogens (tertiary/aromatic N) is 1. The monoisotopic (exact) mass is 356 g/mol. The number of anilines is 2. The van der Waals surface area contributed by atoms with E-state index in [0.717, 1.165) is 22.6 Å². The second-order valence-corrected chi connectivity index (χ2v) is 7.06. The van der Waals surface area contributed by atoms with Gasteiger partial charge in [0, 0.05) is 10.6 Å². The van der Waals surface area contributed by atoms with E-state index in [2.05, 4.69) is 35.2 Å². The Morgan fingerprint density at radius 2 is 2.05 bits per heavy atom. The number of hydrogen-bond donors (Lipinski definition) is 3. The summed E-state index contributed by atoms with van der Waals surface area (Å²) in [5, 5.41) is 4.35. The SMILES string of the molecule is Cc1ccc(CC(C)(C)Nc2nc(=S)[nH]c(Cl)c2N)cc1Cl. The number of rotatable bonds is 4. The molecule has 0 aliphatic carbocycles. The van der Waals surface area contributed by atoms with Gasteiger partial charge in [-0.05, 0) is 56.6 Å². The lowest BCUT2D eigenvalue weighted by molar-refractivity contribution is 0.561. The smallest absolute Gasteiger partial charge is 0.199 e. The fourth-order valence-electron chi connectivity index (χ4n) is 2.17. The van der Waals surface area contributed by atoms with Crippen LogP contribution in [0.1, 0.15) is 25.0 Å². The van der Waals surface area contributed by atoms with Gasteiger partial charge in [-0.2, -0.15) is 0 Å². The molecular weight excluding hydrogens is 339 g/mol. The lowest BCUT2D eigenvalue weighted by Gasteiger charge is -2.28. The third kappa shape index (κ3) is 4.12. The van der Waals surface area contributed by atoms with Crippen LogP contribution in [0.4, 0.5) is 11.5 Å². The van der Waals surface area contributed by atoms with Crippen LogP contribution < -0.4 is 11.1 Å². The van der Waals surface area contributed by atoms with Gasteiger partial charge in [0.2, 0.25) is 0 Å². The van der Waals surface area contributed by atoms with Gasteiger partial charge in [0.1, 0.15) is 10.8 Å². The summed E-state index contributed by atoms with van der Waals surface area (Å²) in [5.74, 6) is 0.483. The van der Waals surface area contributed by atoms with Crippen molar-refractivity contribution in [3.63, 3.8) is 0 Å². The molecule has 22 heavy (non-hydrogen) atoms. The topological polar surface area (TPSA) is 66.7 Å². The van der Waals surface area contributed by atoms with Gasteiger partial charge in [-0.25, -0.2) is 4.98 Å². The Bertz CT molecular complexity index is 756. The van der Waals surface area contributed by atoms with Crippen molar-refractivity contribution in [1.29, 1.82) is 0 Å². The molecule has 0 saturated heterocycles. The van der Waals surface area contributed by atoms with Crippen molar-refractivity contribution >= 4 is 46.9 Å². The molecule has 1 aromatic heterocycles. The average Bonchev–Trinajstić information content (AvgIpc) is 2.39. The number of H-pyrrole nitrogens is 1. The van der Waals surface area contributed by atoms with Crippen molar-refractivity contribution in [3.05, 3.63) is 44.3 Å². The first-order valence-electron chi connectivity index (χ1n) is 6.76. The molecule has 118 valence electrons. The highest BCUT2D eigenvalue weighted by molar-refractivity contribution is 7.71. The van der Waals surface area contributed by atoms with Crippen molar-refractivity contribution in [2.45, 2.75) is 32.7 Å². The third-order valence-electron chi connectivity index (χ3n) is 3.26. The van der Waals surface area contributed by atoms with Gasteiger partial charge in [-0.1, -0.05) is 35.3 Å². The molecule has 0 bridgehead atoms. The lowest BCUT2D eigenvalue weighted by atomic mass is 9.94. The molecule has 0 atom stereocenters. The summed E-state index contributed by atoms with van der Waals surface area (Å²) in [7, 11) is 0. The van der Waals surface area contributed by atoms with E-state index < -0.39 is 0 Å². The number of halogens is 2. The highest BCUT2D eigenvalue weighted by atomic mass is 35.5. The maximum absolute atomic E-state index is 6.18. The largest absolute Gasteiger partial charge is 0.393 e. The van der Waals surface area contributed by atoms with E-state index >= 15 is 0 Å². The molecule has 0 aliphatic rings. The summed E-state index contributed by atoms with van der Waals surface area (Å²) in [4.78, 5) is 6.92. The molecule has 0 fully saturated rings. The van der Waals surface area contributed by atoms with E-state index in [4.69, 9.17) is 41.2 Å². The van der Waals surface area contributed by atoms with E-state index in [1.54, 1.807) is 0 Å². The van der Waals surface area contributed by atoms with E-state index in [1.807, 2.05) is 19.1 Å². The predicted molar refractivity (Wildman–Crippen MR) is 96.4 cm³/mol. The van der Waals surface area contributed by atoms with Crippen LogP contribution >= 0.6 is 35.4 Å². The third-order valence-corrected chi connectivity index (χ3v) is 4.16. The number of nitrogens with one attached hydrogen (secondary N) is 2. The Labute approximate surface area is 145 Å². The zero-order chi connectivity index (χ0) is 16.5. The number of aromatic amines is 1. The molecule has 1 heterocycles. The van der Waals surface area contributed by atoms with Gasteiger partial charge in [0.25, 0.3) is 0 Å². The molecule has 2 aromatic rings. The summed E-state index contributed by atoms with van der Waals surface area (Å²) in [6.45, 7) is 6.08. The van der Waals surface area contributed by atoms with Crippen LogP contribution in [0.3, 0.4) is 0 Å². The van der Waals surface area contributed by atoms with Crippen molar-refractivity contribution in [2.75, 3.05) is 11.1 Å². The molecule has 2 rings (SSSR count). The first-order chi connectivity index (χ1) is 10.2. The Morgan fingerprint density at radius 3 is 2.68 bits per heavy atom. The average molecular weight is 357 g/mol. The number of aryl methyl sites for hydroxylation is 1. The van der Waals surface area contributed by atoms with Gasteiger partial charge < -0.3 is 16.0 Å². The lowest BCUT2D eigenvalue weighted by Crippen LogP contribution is -2.34. The van der Waals surface area contributed by atoms with E-state index in [-0.39, 0.29) is 15.5 Å². The molecular formula is C15H18Cl2N4S. The molecule has 0 saturated carbocycles. The maximum atomic E-state index is 6.18. The fraction of sp³-hybridized carbons (Fsp3) is 0.333. The van der Waals surface area contributed by atoms with Crippen LogP contribution in [0.5, 0.6) is 0 Å². The summed E-state index contributed by atoms with van der Waals surface area (Å²) < 4.78 is 0.288. The van der Waals surface area contributed by atoms with Gasteiger partial charge in [-0.3, -0.25) is 0 Å². The Kier molecular flexibility index (Phi) is 5.00. The summed E-state index contributed by atoms with van der Waals surface area (Å²) >= 11 is 17.2. The fourth-order valence-corrected chi connectivity index (χ4v) is 2.80. The van der Waals surface area contributed by atoms with Crippen molar-refractivity contribution < 1.29 is 0 Å². The molecule has 7 heteroatoms. The number of hydrogen-bond acceptors (Lipinski definition) is 4. The number of aromatic nitrogens is 2. The first-order valence-corrected chi connectivity index (χ1v) is 7.93. The van der Waals surface area contributed by atoms with Crippen molar-refractivity contribution in [1.82, 2.24) is 9.97 Å². The van der Waals surface area contributed by atoms with Crippen LogP contribution in [0, 0.1) is 11.7 Å². The minimum absolute atomic E-state index is 0.288. The quantitative estimate of drug-likeness (QED) is 0.545. The minimum atomic E-state index is -0.299. The van der Waals surface area contributed by atoms with E-state index in [1.165, 1.54) is 0 Å². The molecule has 1 aromatic carbocycles. The zero-order valence-corrected chi connectivity index (χ0v) is 15.0. The van der Waals surface area contributed by atoms with Gasteiger partial charge in [0.15, 0.2) is 10.6 Å². The van der Waals surface area contributed by atoms with Crippen LogP contribution in [0.25, 0.3) is 0 Å². The number of nitrogen functional groups attached to an aromatic ring is 1. The van der Waals surface area contributed by atoms with Crippen molar-refractivity contribution in [2.24, 2.45) is 0 Å². The number of benzene rings is 1. The second kappa shape index (κ2) is 6.44. The standard InChI is InChI=1S/C15H18Cl2N4S/c1-8-4-5-9(6-10(8)16)7-15(2,3)21-13-11(18)12(17)19-14(22)20-13/h4-6H,7,18H2,1-3H3,(H2,19,20,21,22). The van der Waals surface area contributed by atoms with Crippen molar-refractivity contribution in [3.8, 4) is 0 Å². The first kappa shape index (κ1) is 17.1. The minimum Gasteiger partial charge on any atom is -0.393 e. The van der Waals surface area contributed by atoms with E-state index in [9.17, 15) is 0 Å². The van der Waals surface area contributed by atoms with Crippen LogP contribution in [-0.4, -0.2) is 15.5 Å². The molecule has 0 radical (unpaired) electrons. The Morgan fingerprint density at radius 1 is 1.36 bits per heavy atom. The van der Waals surface area contributed by atoms with Crippen LogP contribution in [0.2, 0.25) is 10.2 Å². The molecule has 0 aliphatic heterocycles. The highest BCUT2D eigenvalue weighted by Gasteiger charge is 2.21. The predicted octanol–water partition coefficient (Wildman–Crippen LogP) is 4.77. The number of nitrogens with two attached hydrogens (primary N) is 1. The van der Waals surface area contributed by atoms with Gasteiger partial charge >= 0.3 is 0 Å². The summed E-state index contributed by atoms with van der Waals surface area (Å²) in [6.07, 6.45) is 0.747. The van der Waals surface area contributed by atoms with Gasteiger partial charge in [-0.15, -0.1) is 0 Å². The summed E-state index contributed by atoms with van der Waals surface area (Å²) in [6, 6.07) is 6.04. The second-order valence-electron chi connectivity index (χ2n) is 5.89. The van der Waals surface area contributed by atoms with Gasteiger partial charge in [0.05, 0.1) is 0 Å². The summed E-state index contributed by atoms with van der Waals surface area (Å²) in [5.41, 5.74) is 8.18. The molecule has 4 N–H and O–H groups in total. The molecule has 4 nitrogen and oxygen atoms in total. The Balaban J connectivity index is 2.24. The highest BCUT2D eigenvalue weighted by Crippen LogP contribution is 2.27. The Hall–Kier alpha value is -1.30. The zero-order valence-electron chi connectivity index (χ0n) is 12.6. The maximum Gasteiger partial charge on any atom is 0.199 e. The normalized spacial score (nSPS) is 11.5. The molecule has 0 spiro atoms. The van der Waals surface area contributed by atoms with Crippen LogP contribution in [0.15, 0.2) is 18.2 Å².